The van der Waals surface area contributed by atoms with Gasteiger partial charge in [-0.3, -0.25) is 4.55 Å². The lowest BCUT2D eigenvalue weighted by molar-refractivity contribution is 0.500. The Hall–Kier alpha value is 0.127. The molecule has 0 aromatic heterocycles. The van der Waals surface area contributed by atoms with Crippen LogP contribution in [0.4, 0.5) is 0 Å². The SMILES string of the molecule is CCC[SiH2]S(=O)(=O)O. The van der Waals surface area contributed by atoms with Crippen LogP contribution < -0.4 is 0 Å². The molecule has 0 saturated heterocycles. The largest absolute Gasteiger partial charge is 0.292 e. The number of hydrogen-bond donors (Lipinski definition) is 1. The second-order valence-electron chi connectivity index (χ2n) is 1.64. The second-order valence-corrected chi connectivity index (χ2v) is 7.33. The standard InChI is InChI=1S/C3H10O3SSi/c1-2-3-8-7(4,5)6/h2-3,8H2,1H3,(H,4,5,6). The lowest BCUT2D eigenvalue weighted by atomic mass is 10.6. The summed E-state index contributed by atoms with van der Waals surface area (Å²) in [5.41, 5.74) is 0. The van der Waals surface area contributed by atoms with Gasteiger partial charge in [-0.1, -0.05) is 13.3 Å². The van der Waals surface area contributed by atoms with E-state index in [2.05, 4.69) is 0 Å². The van der Waals surface area contributed by atoms with Gasteiger partial charge in [0.2, 0.25) is 9.57 Å². The average Bonchev–Trinajstić information content (AvgIpc) is 1.59. The summed E-state index contributed by atoms with van der Waals surface area (Å²) in [7, 11) is -4.77. The van der Waals surface area contributed by atoms with Crippen LogP contribution in [0.5, 0.6) is 0 Å². The lowest BCUT2D eigenvalue weighted by Gasteiger charge is -1.88. The Kier molecular flexibility index (Phi) is 3.26. The van der Waals surface area contributed by atoms with E-state index in [4.69, 9.17) is 4.55 Å². The fourth-order valence-electron chi connectivity index (χ4n) is 0.327. The minimum absolute atomic E-state index is 0.679. The summed E-state index contributed by atoms with van der Waals surface area (Å²) in [6.07, 6.45) is 0.853. The predicted molar refractivity (Wildman–Crippen MR) is 35.2 cm³/mol. The zero-order valence-electron chi connectivity index (χ0n) is 4.79. The molecule has 0 heterocycles. The van der Waals surface area contributed by atoms with Gasteiger partial charge in [-0.2, -0.15) is 0 Å². The first-order valence-corrected chi connectivity index (χ1v) is 6.85. The molecule has 0 unspecified atom stereocenters. The van der Waals surface area contributed by atoms with Crippen molar-refractivity contribution in [2.75, 3.05) is 0 Å². The zero-order chi connectivity index (χ0) is 6.62. The van der Waals surface area contributed by atoms with Gasteiger partial charge in [0.1, 0.15) is 0 Å². The Morgan fingerprint density at radius 2 is 2.12 bits per heavy atom. The van der Waals surface area contributed by atoms with Crippen molar-refractivity contribution < 1.29 is 13.0 Å². The molecule has 0 fully saturated rings. The highest BCUT2D eigenvalue weighted by atomic mass is 32.4. The molecule has 0 aliphatic carbocycles. The van der Waals surface area contributed by atoms with Crippen molar-refractivity contribution in [3.05, 3.63) is 0 Å². The highest BCUT2D eigenvalue weighted by Crippen LogP contribution is 1.89. The summed E-state index contributed by atoms with van der Waals surface area (Å²) in [4.78, 5) is 0. The molecule has 0 aromatic carbocycles. The van der Waals surface area contributed by atoms with Crippen molar-refractivity contribution in [1.82, 2.24) is 0 Å². The molecule has 0 aromatic rings. The van der Waals surface area contributed by atoms with Gasteiger partial charge < -0.3 is 0 Å². The van der Waals surface area contributed by atoms with Crippen LogP contribution in [0.2, 0.25) is 6.04 Å². The van der Waals surface area contributed by atoms with E-state index in [9.17, 15) is 8.42 Å². The second kappa shape index (κ2) is 3.21. The molecule has 0 rings (SSSR count). The minimum Gasteiger partial charge on any atom is -0.292 e. The maximum absolute atomic E-state index is 10.0. The molecule has 1 N–H and O–H groups in total. The molecule has 0 spiro atoms. The van der Waals surface area contributed by atoms with Crippen LogP contribution in [0.3, 0.4) is 0 Å². The highest BCUT2D eigenvalue weighted by Gasteiger charge is 2.01. The lowest BCUT2D eigenvalue weighted by Crippen LogP contribution is -2.06. The zero-order valence-corrected chi connectivity index (χ0v) is 7.02. The summed E-state index contributed by atoms with van der Waals surface area (Å²) in [5.74, 6) is 0. The van der Waals surface area contributed by atoms with Crippen LogP contribution in [0.15, 0.2) is 0 Å². The van der Waals surface area contributed by atoms with Crippen molar-refractivity contribution in [2.45, 2.75) is 19.4 Å². The van der Waals surface area contributed by atoms with Gasteiger partial charge in [-0.15, -0.1) is 0 Å². The van der Waals surface area contributed by atoms with Crippen molar-refractivity contribution in [2.24, 2.45) is 0 Å². The fourth-order valence-corrected chi connectivity index (χ4v) is 2.94. The number of rotatable bonds is 3. The van der Waals surface area contributed by atoms with Gasteiger partial charge in [-0.25, -0.2) is 8.42 Å². The first kappa shape index (κ1) is 8.13. The number of hydrogen-bond acceptors (Lipinski definition) is 2. The van der Waals surface area contributed by atoms with Crippen LogP contribution in [-0.2, 0) is 9.57 Å². The molecular formula is C3H10O3SSi. The quantitative estimate of drug-likeness (QED) is 0.452. The first-order chi connectivity index (χ1) is 3.56. The topological polar surface area (TPSA) is 54.4 Å². The van der Waals surface area contributed by atoms with Crippen LogP contribution in [0.25, 0.3) is 0 Å². The van der Waals surface area contributed by atoms with E-state index in [1.165, 1.54) is 0 Å². The molecule has 0 aliphatic heterocycles. The molecular weight excluding hydrogens is 144 g/mol. The molecule has 0 bridgehead atoms. The van der Waals surface area contributed by atoms with Gasteiger partial charge >= 0.3 is 0 Å². The van der Waals surface area contributed by atoms with E-state index in [0.717, 1.165) is 6.42 Å². The third-order valence-electron chi connectivity index (χ3n) is 0.756. The van der Waals surface area contributed by atoms with Crippen molar-refractivity contribution >= 4 is 18.2 Å². The summed E-state index contributed by atoms with van der Waals surface area (Å²) < 4.78 is 28.2. The van der Waals surface area contributed by atoms with E-state index in [0.29, 0.717) is 6.04 Å². The Labute approximate surface area is 51.3 Å². The summed E-state index contributed by atoms with van der Waals surface area (Å²) in [6.45, 7) is 1.90. The molecule has 50 valence electrons. The molecule has 3 nitrogen and oxygen atoms in total. The summed E-state index contributed by atoms with van der Waals surface area (Å²) >= 11 is 0. The minimum atomic E-state index is -3.55. The maximum Gasteiger partial charge on any atom is 0.220 e. The monoisotopic (exact) mass is 154 g/mol. The average molecular weight is 154 g/mol. The fraction of sp³-hybridized carbons (Fsp3) is 1.00. The Bertz CT molecular complexity index is 139. The van der Waals surface area contributed by atoms with Crippen molar-refractivity contribution in [3.63, 3.8) is 0 Å². The molecule has 0 atom stereocenters. The van der Waals surface area contributed by atoms with Gasteiger partial charge in [0, 0.05) is 0 Å². The summed E-state index contributed by atoms with van der Waals surface area (Å²) in [6, 6.07) is 0.679. The van der Waals surface area contributed by atoms with Crippen LogP contribution in [0, 0.1) is 0 Å². The maximum atomic E-state index is 10.0. The molecule has 8 heavy (non-hydrogen) atoms. The first-order valence-electron chi connectivity index (χ1n) is 2.51. The van der Waals surface area contributed by atoms with Gasteiger partial charge in [0.25, 0.3) is 0 Å². The van der Waals surface area contributed by atoms with Gasteiger partial charge in [0.05, 0.1) is 0 Å². The summed E-state index contributed by atoms with van der Waals surface area (Å²) in [5, 5.41) is 0. The third-order valence-corrected chi connectivity index (χ3v) is 4.68. The van der Waals surface area contributed by atoms with E-state index < -0.39 is 18.2 Å². The van der Waals surface area contributed by atoms with Crippen LogP contribution in [0.1, 0.15) is 13.3 Å². The van der Waals surface area contributed by atoms with Crippen molar-refractivity contribution in [1.29, 1.82) is 0 Å². The predicted octanol–water partition coefficient (Wildman–Crippen LogP) is -0.214. The third kappa shape index (κ3) is 6.13. The molecule has 0 amide bonds. The molecule has 0 aliphatic rings. The smallest absolute Gasteiger partial charge is 0.220 e. The van der Waals surface area contributed by atoms with Gasteiger partial charge in [0.15, 0.2) is 8.67 Å². The molecule has 0 saturated carbocycles. The molecule has 5 heteroatoms. The van der Waals surface area contributed by atoms with E-state index in [1.54, 1.807) is 0 Å². The van der Waals surface area contributed by atoms with E-state index >= 15 is 0 Å². The van der Waals surface area contributed by atoms with Crippen molar-refractivity contribution in [3.8, 4) is 0 Å². The van der Waals surface area contributed by atoms with Crippen LogP contribution >= 0.6 is 0 Å². The van der Waals surface area contributed by atoms with E-state index in [-0.39, 0.29) is 0 Å². The Morgan fingerprint density at radius 1 is 1.62 bits per heavy atom. The van der Waals surface area contributed by atoms with Gasteiger partial charge in [-0.05, 0) is 6.04 Å². The van der Waals surface area contributed by atoms with Crippen LogP contribution in [-0.4, -0.2) is 21.6 Å². The Balaban J connectivity index is 3.42. The normalized spacial score (nSPS) is 13.2. The molecule has 0 radical (unpaired) electrons. The highest BCUT2D eigenvalue weighted by molar-refractivity contribution is 8.10. The Morgan fingerprint density at radius 3 is 2.25 bits per heavy atom. The van der Waals surface area contributed by atoms with E-state index in [1.807, 2.05) is 6.92 Å².